The Morgan fingerprint density at radius 1 is 1.06 bits per heavy atom. The van der Waals surface area contributed by atoms with E-state index in [0.29, 0.717) is 12.2 Å². The smallest absolute Gasteiger partial charge is 0.231 e. The number of amides is 1. The maximum atomic E-state index is 13.1. The van der Waals surface area contributed by atoms with Gasteiger partial charge in [-0.05, 0) is 54.8 Å². The lowest BCUT2D eigenvalue weighted by Gasteiger charge is -2.20. The van der Waals surface area contributed by atoms with Crippen LogP contribution in [0, 0.1) is 6.92 Å². The van der Waals surface area contributed by atoms with Gasteiger partial charge in [-0.3, -0.25) is 4.79 Å². The van der Waals surface area contributed by atoms with Crippen LogP contribution in [-0.4, -0.2) is 22.1 Å². The molecular weight excluding hydrogens is 402 g/mol. The van der Waals surface area contributed by atoms with Crippen molar-refractivity contribution < 1.29 is 14.3 Å². The number of aryl methyl sites for hydroxylation is 1. The van der Waals surface area contributed by atoms with Crippen molar-refractivity contribution in [1.29, 1.82) is 0 Å². The molecule has 6 nitrogen and oxygen atoms in total. The van der Waals surface area contributed by atoms with Gasteiger partial charge < -0.3 is 19.2 Å². The van der Waals surface area contributed by atoms with Crippen LogP contribution >= 0.6 is 0 Å². The standard InChI is InChI=1S/C26H25N3O3/c1-17-10-11-29-22(15-27-25(29)12-17)21(20-8-9-23-24(13-20)32-16-31-23)14-26(30)28-18(2)19-6-4-3-5-7-19/h3-13,15,18,21H,14,16H2,1-2H3,(H,28,30). The first-order valence-corrected chi connectivity index (χ1v) is 10.8. The zero-order valence-corrected chi connectivity index (χ0v) is 18.1. The fourth-order valence-corrected chi connectivity index (χ4v) is 4.19. The minimum atomic E-state index is -0.190. The van der Waals surface area contributed by atoms with Gasteiger partial charge in [0.25, 0.3) is 0 Å². The van der Waals surface area contributed by atoms with E-state index >= 15 is 0 Å². The highest BCUT2D eigenvalue weighted by atomic mass is 16.7. The summed E-state index contributed by atoms with van der Waals surface area (Å²) in [7, 11) is 0. The number of nitrogens with one attached hydrogen (secondary N) is 1. The summed E-state index contributed by atoms with van der Waals surface area (Å²) in [6.07, 6.45) is 4.16. The van der Waals surface area contributed by atoms with E-state index in [4.69, 9.17) is 9.47 Å². The minimum Gasteiger partial charge on any atom is -0.454 e. The van der Waals surface area contributed by atoms with Gasteiger partial charge in [0.15, 0.2) is 11.5 Å². The molecule has 162 valence electrons. The van der Waals surface area contributed by atoms with Crippen LogP contribution in [0.4, 0.5) is 0 Å². The summed E-state index contributed by atoms with van der Waals surface area (Å²) in [4.78, 5) is 17.7. The quantitative estimate of drug-likeness (QED) is 0.481. The van der Waals surface area contributed by atoms with Gasteiger partial charge in [0.05, 0.1) is 11.7 Å². The van der Waals surface area contributed by atoms with Crippen LogP contribution in [0.5, 0.6) is 11.5 Å². The first-order chi connectivity index (χ1) is 15.6. The summed E-state index contributed by atoms with van der Waals surface area (Å²) in [5, 5.41) is 3.14. The summed E-state index contributed by atoms with van der Waals surface area (Å²) in [6.45, 7) is 4.26. The molecule has 1 N–H and O–H groups in total. The number of pyridine rings is 1. The van der Waals surface area contributed by atoms with E-state index in [1.54, 1.807) is 0 Å². The number of rotatable bonds is 6. The SMILES string of the molecule is Cc1ccn2c(C(CC(=O)NC(C)c3ccccc3)c3ccc4c(c3)OCO4)cnc2c1. The number of ether oxygens (including phenoxy) is 2. The lowest BCUT2D eigenvalue weighted by Crippen LogP contribution is -2.28. The summed E-state index contributed by atoms with van der Waals surface area (Å²) >= 11 is 0. The molecule has 0 bridgehead atoms. The lowest BCUT2D eigenvalue weighted by molar-refractivity contribution is -0.122. The fourth-order valence-electron chi connectivity index (χ4n) is 4.19. The first-order valence-electron chi connectivity index (χ1n) is 10.8. The zero-order chi connectivity index (χ0) is 22.1. The molecule has 1 amide bonds. The molecule has 0 saturated carbocycles. The van der Waals surface area contributed by atoms with E-state index in [9.17, 15) is 4.79 Å². The number of carbonyl (C=O) groups excluding carboxylic acids is 1. The maximum Gasteiger partial charge on any atom is 0.231 e. The third kappa shape index (κ3) is 3.91. The third-order valence-corrected chi connectivity index (χ3v) is 5.92. The molecule has 0 saturated heterocycles. The van der Waals surface area contributed by atoms with Crippen LogP contribution < -0.4 is 14.8 Å². The Bertz CT molecular complexity index is 1270. The molecule has 3 heterocycles. The third-order valence-electron chi connectivity index (χ3n) is 5.92. The highest BCUT2D eigenvalue weighted by Gasteiger charge is 2.25. The number of hydrogen-bond donors (Lipinski definition) is 1. The molecule has 1 aliphatic heterocycles. The average molecular weight is 428 g/mol. The monoisotopic (exact) mass is 427 g/mol. The molecule has 2 unspecified atom stereocenters. The molecule has 0 radical (unpaired) electrons. The van der Waals surface area contributed by atoms with Crippen molar-refractivity contribution in [1.82, 2.24) is 14.7 Å². The maximum absolute atomic E-state index is 13.1. The summed E-state index contributed by atoms with van der Waals surface area (Å²) < 4.78 is 13.1. The van der Waals surface area contributed by atoms with Crippen LogP contribution in [0.25, 0.3) is 5.65 Å². The van der Waals surface area contributed by atoms with Crippen LogP contribution in [-0.2, 0) is 4.79 Å². The Morgan fingerprint density at radius 3 is 2.72 bits per heavy atom. The molecule has 0 spiro atoms. The van der Waals surface area contributed by atoms with Crippen molar-refractivity contribution in [3.05, 3.63) is 95.4 Å². The van der Waals surface area contributed by atoms with Crippen molar-refractivity contribution in [3.8, 4) is 11.5 Å². The fraction of sp³-hybridized carbons (Fsp3) is 0.231. The lowest BCUT2D eigenvalue weighted by atomic mass is 9.91. The highest BCUT2D eigenvalue weighted by molar-refractivity contribution is 5.78. The topological polar surface area (TPSA) is 64.9 Å². The van der Waals surface area contributed by atoms with E-state index in [2.05, 4.69) is 14.7 Å². The largest absolute Gasteiger partial charge is 0.454 e. The molecule has 6 heteroatoms. The van der Waals surface area contributed by atoms with Crippen molar-refractivity contribution in [3.63, 3.8) is 0 Å². The Labute approximate surface area is 186 Å². The summed E-state index contributed by atoms with van der Waals surface area (Å²) in [5.41, 5.74) is 5.03. The number of hydrogen-bond acceptors (Lipinski definition) is 4. The van der Waals surface area contributed by atoms with Gasteiger partial charge in [0.2, 0.25) is 12.7 Å². The van der Waals surface area contributed by atoms with E-state index in [1.165, 1.54) is 0 Å². The molecule has 32 heavy (non-hydrogen) atoms. The van der Waals surface area contributed by atoms with Gasteiger partial charge in [-0.15, -0.1) is 0 Å². The second kappa shape index (κ2) is 8.38. The van der Waals surface area contributed by atoms with Crippen LogP contribution in [0.1, 0.15) is 47.7 Å². The van der Waals surface area contributed by atoms with Crippen LogP contribution in [0.3, 0.4) is 0 Å². The summed E-state index contributed by atoms with van der Waals surface area (Å²) in [6, 6.07) is 19.9. The second-order valence-electron chi connectivity index (χ2n) is 8.18. The molecule has 2 atom stereocenters. The highest BCUT2D eigenvalue weighted by Crippen LogP contribution is 2.38. The van der Waals surface area contributed by atoms with E-state index in [-0.39, 0.29) is 24.7 Å². The molecule has 2 aromatic heterocycles. The van der Waals surface area contributed by atoms with Crippen molar-refractivity contribution >= 4 is 11.6 Å². The normalized spacial score (nSPS) is 14.3. The van der Waals surface area contributed by atoms with E-state index < -0.39 is 0 Å². The van der Waals surface area contributed by atoms with Gasteiger partial charge in [0, 0.05) is 24.7 Å². The number of fused-ring (bicyclic) bond motifs is 2. The van der Waals surface area contributed by atoms with Gasteiger partial charge >= 0.3 is 0 Å². The number of nitrogens with zero attached hydrogens (tertiary/aromatic N) is 2. The number of carbonyl (C=O) groups is 1. The van der Waals surface area contributed by atoms with E-state index in [0.717, 1.165) is 33.8 Å². The van der Waals surface area contributed by atoms with Crippen molar-refractivity contribution in [2.75, 3.05) is 6.79 Å². The van der Waals surface area contributed by atoms with Crippen molar-refractivity contribution in [2.24, 2.45) is 0 Å². The Kier molecular flexibility index (Phi) is 5.27. The van der Waals surface area contributed by atoms with Crippen LogP contribution in [0.15, 0.2) is 73.1 Å². The Hall–Kier alpha value is -3.80. The van der Waals surface area contributed by atoms with Gasteiger partial charge in [0.1, 0.15) is 5.65 Å². The van der Waals surface area contributed by atoms with Crippen molar-refractivity contribution in [2.45, 2.75) is 32.2 Å². The second-order valence-corrected chi connectivity index (χ2v) is 8.18. The minimum absolute atomic E-state index is 0.0221. The molecule has 0 aliphatic carbocycles. The van der Waals surface area contributed by atoms with Crippen LogP contribution in [0.2, 0.25) is 0 Å². The number of benzene rings is 2. The van der Waals surface area contributed by atoms with Gasteiger partial charge in [-0.25, -0.2) is 4.98 Å². The Morgan fingerprint density at radius 2 is 1.88 bits per heavy atom. The molecule has 1 aliphatic rings. The number of imidazole rings is 1. The van der Waals surface area contributed by atoms with Gasteiger partial charge in [-0.1, -0.05) is 36.4 Å². The molecular formula is C26H25N3O3. The molecule has 5 rings (SSSR count). The zero-order valence-electron chi connectivity index (χ0n) is 18.1. The summed E-state index contributed by atoms with van der Waals surface area (Å²) in [5.74, 6) is 1.22. The predicted octanol–water partition coefficient (Wildman–Crippen LogP) is 4.77. The molecule has 2 aromatic carbocycles. The first kappa shape index (κ1) is 20.1. The Balaban J connectivity index is 1.47. The van der Waals surface area contributed by atoms with Gasteiger partial charge in [-0.2, -0.15) is 0 Å². The predicted molar refractivity (Wildman–Crippen MR) is 122 cm³/mol. The average Bonchev–Trinajstić information content (AvgIpc) is 3.44. The number of aromatic nitrogens is 2. The molecule has 0 fully saturated rings. The molecule has 4 aromatic rings. The van der Waals surface area contributed by atoms with E-state index in [1.807, 2.05) is 86.9 Å².